The normalized spacial score (nSPS) is 11.7. The fraction of sp³-hybridized carbons (Fsp3) is 0. The van der Waals surface area contributed by atoms with Gasteiger partial charge in [-0.3, -0.25) is 0 Å². The van der Waals surface area contributed by atoms with Crippen LogP contribution in [0.5, 0.6) is 0 Å². The maximum atomic E-state index is 6.43. The van der Waals surface area contributed by atoms with E-state index in [1.165, 1.54) is 43.7 Å². The lowest BCUT2D eigenvalue weighted by molar-refractivity contribution is 0.669. The summed E-state index contributed by atoms with van der Waals surface area (Å²) in [6, 6.07) is 65.0. The Morgan fingerprint density at radius 3 is 1.90 bits per heavy atom. The fourth-order valence-corrected chi connectivity index (χ4v) is 7.55. The van der Waals surface area contributed by atoms with Crippen LogP contribution in [0.15, 0.2) is 186 Å². The van der Waals surface area contributed by atoms with Crippen LogP contribution < -0.4 is 4.90 Å². The zero-order valence-electron chi connectivity index (χ0n) is 26.6. The number of para-hydroxylation sites is 3. The van der Waals surface area contributed by atoms with Gasteiger partial charge in [0.25, 0.3) is 0 Å². The average molecular weight is 627 g/mol. The molecule has 0 aliphatic rings. The van der Waals surface area contributed by atoms with Crippen LogP contribution in [-0.2, 0) is 0 Å². The number of benzene rings is 8. The molecule has 0 N–H and O–H groups in total. The summed E-state index contributed by atoms with van der Waals surface area (Å²) in [5, 5.41) is 7.03. The predicted octanol–water partition coefficient (Wildman–Crippen LogP) is 13.0. The maximum Gasteiger partial charge on any atom is 0.137 e. The molecule has 10 aromatic rings. The van der Waals surface area contributed by atoms with Gasteiger partial charge in [-0.05, 0) is 71.1 Å². The van der Waals surface area contributed by atoms with E-state index in [2.05, 4.69) is 179 Å². The minimum atomic E-state index is 0.871. The number of rotatable bonds is 5. The molecule has 0 saturated heterocycles. The van der Waals surface area contributed by atoms with Crippen LogP contribution in [0.25, 0.3) is 71.3 Å². The third kappa shape index (κ3) is 4.37. The first-order chi connectivity index (χ1) is 24.3. The Balaban J connectivity index is 1.35. The van der Waals surface area contributed by atoms with Crippen LogP contribution in [-0.4, -0.2) is 4.57 Å². The molecule has 2 heterocycles. The Kier molecular flexibility index (Phi) is 6.18. The van der Waals surface area contributed by atoms with Gasteiger partial charge < -0.3 is 13.9 Å². The number of fused-ring (bicyclic) bond motifs is 8. The minimum absolute atomic E-state index is 0.871. The van der Waals surface area contributed by atoms with E-state index in [4.69, 9.17) is 4.42 Å². The Hall–Kier alpha value is -6.58. The molecule has 8 aromatic carbocycles. The quantitative estimate of drug-likeness (QED) is 0.190. The maximum absolute atomic E-state index is 6.43. The monoisotopic (exact) mass is 626 g/mol. The van der Waals surface area contributed by atoms with Gasteiger partial charge in [0.05, 0.1) is 16.7 Å². The van der Waals surface area contributed by atoms with Crippen molar-refractivity contribution >= 4 is 71.6 Å². The SMILES string of the molecule is c1ccc(-c2ccc3c4c(N(c5ccccc5)c5ccc6c(c5)oc5ccccc56)cc5ccccc5c4n(-c4ccccc4)c3c2)cc1. The summed E-state index contributed by atoms with van der Waals surface area (Å²) in [5.41, 5.74) is 10.9. The van der Waals surface area contributed by atoms with Crippen molar-refractivity contribution in [3.63, 3.8) is 0 Å². The molecule has 0 bridgehead atoms. The van der Waals surface area contributed by atoms with Gasteiger partial charge >= 0.3 is 0 Å². The van der Waals surface area contributed by atoms with E-state index in [0.29, 0.717) is 0 Å². The van der Waals surface area contributed by atoms with Gasteiger partial charge in [-0.2, -0.15) is 0 Å². The van der Waals surface area contributed by atoms with Gasteiger partial charge in [0.2, 0.25) is 0 Å². The first-order valence-corrected chi connectivity index (χ1v) is 16.7. The Labute approximate surface area is 283 Å². The highest BCUT2D eigenvalue weighted by Crippen LogP contribution is 2.48. The van der Waals surface area contributed by atoms with E-state index in [1.54, 1.807) is 0 Å². The molecule has 0 atom stereocenters. The summed E-state index contributed by atoms with van der Waals surface area (Å²) in [5.74, 6) is 0. The summed E-state index contributed by atoms with van der Waals surface area (Å²) in [6.07, 6.45) is 0. The summed E-state index contributed by atoms with van der Waals surface area (Å²) >= 11 is 0. The number of hydrogen-bond donors (Lipinski definition) is 0. The Morgan fingerprint density at radius 2 is 1.08 bits per heavy atom. The van der Waals surface area contributed by atoms with Crippen molar-refractivity contribution in [2.75, 3.05) is 4.90 Å². The fourth-order valence-electron chi connectivity index (χ4n) is 7.55. The van der Waals surface area contributed by atoms with Crippen LogP contribution in [0.4, 0.5) is 17.1 Å². The van der Waals surface area contributed by atoms with Gasteiger partial charge in [-0.1, -0.05) is 121 Å². The third-order valence-corrected chi connectivity index (χ3v) is 9.73. The third-order valence-electron chi connectivity index (χ3n) is 9.73. The van der Waals surface area contributed by atoms with Crippen LogP contribution in [0.3, 0.4) is 0 Å². The lowest BCUT2D eigenvalue weighted by Crippen LogP contribution is -2.10. The van der Waals surface area contributed by atoms with Crippen molar-refractivity contribution in [1.29, 1.82) is 0 Å². The van der Waals surface area contributed by atoms with Crippen LogP contribution in [0, 0.1) is 0 Å². The highest BCUT2D eigenvalue weighted by Gasteiger charge is 2.24. The molecular formula is C46H30N2O. The molecule has 0 amide bonds. The van der Waals surface area contributed by atoms with Crippen molar-refractivity contribution in [3.8, 4) is 16.8 Å². The molecule has 0 radical (unpaired) electrons. The highest BCUT2D eigenvalue weighted by atomic mass is 16.3. The molecule has 0 spiro atoms. The molecule has 0 unspecified atom stereocenters. The van der Waals surface area contributed by atoms with Crippen molar-refractivity contribution in [3.05, 3.63) is 182 Å². The van der Waals surface area contributed by atoms with Crippen molar-refractivity contribution in [2.24, 2.45) is 0 Å². The zero-order chi connectivity index (χ0) is 32.3. The van der Waals surface area contributed by atoms with Gasteiger partial charge in [-0.25, -0.2) is 0 Å². The number of furan rings is 1. The smallest absolute Gasteiger partial charge is 0.137 e. The Bertz CT molecular complexity index is 2810. The molecule has 3 heteroatoms. The van der Waals surface area contributed by atoms with E-state index in [0.717, 1.165) is 44.7 Å². The van der Waals surface area contributed by atoms with E-state index in [9.17, 15) is 0 Å². The van der Waals surface area contributed by atoms with Crippen molar-refractivity contribution in [2.45, 2.75) is 0 Å². The number of nitrogens with zero attached hydrogens (tertiary/aromatic N) is 2. The highest BCUT2D eigenvalue weighted by molar-refractivity contribution is 6.25. The molecule has 0 aliphatic carbocycles. The van der Waals surface area contributed by atoms with Crippen LogP contribution >= 0.6 is 0 Å². The van der Waals surface area contributed by atoms with Gasteiger partial charge in [-0.15, -0.1) is 0 Å². The average Bonchev–Trinajstić information content (AvgIpc) is 3.72. The van der Waals surface area contributed by atoms with Crippen LogP contribution in [0.1, 0.15) is 0 Å². The molecule has 49 heavy (non-hydrogen) atoms. The lowest BCUT2D eigenvalue weighted by atomic mass is 10.00. The minimum Gasteiger partial charge on any atom is -0.456 e. The van der Waals surface area contributed by atoms with E-state index >= 15 is 0 Å². The summed E-state index contributed by atoms with van der Waals surface area (Å²) in [4.78, 5) is 2.39. The van der Waals surface area contributed by atoms with Gasteiger partial charge in [0.1, 0.15) is 11.2 Å². The molecule has 2 aromatic heterocycles. The Morgan fingerprint density at radius 1 is 0.429 bits per heavy atom. The summed E-state index contributed by atoms with van der Waals surface area (Å²) in [6.45, 7) is 0. The summed E-state index contributed by atoms with van der Waals surface area (Å²) in [7, 11) is 0. The van der Waals surface area contributed by atoms with E-state index in [1.807, 2.05) is 12.1 Å². The summed E-state index contributed by atoms with van der Waals surface area (Å²) < 4.78 is 8.88. The largest absolute Gasteiger partial charge is 0.456 e. The molecule has 3 nitrogen and oxygen atoms in total. The lowest BCUT2D eigenvalue weighted by Gasteiger charge is -2.27. The predicted molar refractivity (Wildman–Crippen MR) is 206 cm³/mol. The van der Waals surface area contributed by atoms with Crippen molar-refractivity contribution < 1.29 is 4.42 Å². The number of aromatic nitrogens is 1. The zero-order valence-corrected chi connectivity index (χ0v) is 26.6. The first-order valence-electron chi connectivity index (χ1n) is 16.7. The van der Waals surface area contributed by atoms with Crippen LogP contribution in [0.2, 0.25) is 0 Å². The second-order valence-corrected chi connectivity index (χ2v) is 12.6. The van der Waals surface area contributed by atoms with Crippen molar-refractivity contribution in [1.82, 2.24) is 4.57 Å². The topological polar surface area (TPSA) is 21.3 Å². The van der Waals surface area contributed by atoms with Gasteiger partial charge in [0.15, 0.2) is 0 Å². The molecule has 0 fully saturated rings. The number of anilines is 3. The second-order valence-electron chi connectivity index (χ2n) is 12.6. The number of hydrogen-bond acceptors (Lipinski definition) is 2. The first kappa shape index (κ1) is 27.5. The second kappa shape index (κ2) is 11.0. The standard InChI is InChI=1S/C46H30N2O/c1-4-14-31(15-5-1)32-24-26-40-41(28-32)48(35-19-8-3-9-20-35)46-37-21-11-10-16-33(37)29-42(45(40)46)47(34-17-6-2-7-18-34)36-25-27-39-38-22-12-13-23-43(38)49-44(39)30-36/h1-30H. The molecular weight excluding hydrogens is 597 g/mol. The molecule has 230 valence electrons. The molecule has 0 aliphatic heterocycles. The molecule has 10 rings (SSSR count). The molecule has 0 saturated carbocycles. The van der Waals surface area contributed by atoms with Gasteiger partial charge in [0, 0.05) is 50.1 Å². The van der Waals surface area contributed by atoms with E-state index in [-0.39, 0.29) is 0 Å². The van der Waals surface area contributed by atoms with E-state index < -0.39 is 0 Å².